The van der Waals surface area contributed by atoms with Gasteiger partial charge in [0.2, 0.25) is 0 Å². The van der Waals surface area contributed by atoms with E-state index in [0.29, 0.717) is 0 Å². The summed E-state index contributed by atoms with van der Waals surface area (Å²) in [5.74, 6) is 1.08. The molecule has 2 N–H and O–H groups in total. The number of hydrogen-bond donors (Lipinski definition) is 1. The van der Waals surface area contributed by atoms with E-state index in [2.05, 4.69) is 22.9 Å². The molecule has 4 nitrogen and oxygen atoms in total. The molecule has 0 unspecified atom stereocenters. The lowest BCUT2D eigenvalue weighted by atomic mass is 10.2. The fraction of sp³-hybridized carbons (Fsp3) is 0.615. The van der Waals surface area contributed by atoms with E-state index >= 15 is 0 Å². The highest BCUT2D eigenvalue weighted by atomic mass is 15.3. The molecule has 0 bridgehead atoms. The van der Waals surface area contributed by atoms with Crippen LogP contribution in [0.5, 0.6) is 0 Å². The summed E-state index contributed by atoms with van der Waals surface area (Å²) >= 11 is 0. The second kappa shape index (κ2) is 4.18. The molecule has 1 saturated heterocycles. The number of rotatable bonds is 1. The van der Waals surface area contributed by atoms with Crippen LogP contribution in [-0.2, 0) is 12.8 Å². The van der Waals surface area contributed by atoms with Crippen LogP contribution in [0, 0.1) is 0 Å². The Morgan fingerprint density at radius 3 is 2.71 bits per heavy atom. The average molecular weight is 232 g/mol. The minimum atomic E-state index is 0.946. The fourth-order valence-corrected chi connectivity index (χ4v) is 2.76. The van der Waals surface area contributed by atoms with Crippen LogP contribution >= 0.6 is 0 Å². The summed E-state index contributed by atoms with van der Waals surface area (Å²) in [5.41, 5.74) is 9.60. The molecule has 0 radical (unpaired) electrons. The summed E-state index contributed by atoms with van der Waals surface area (Å²) < 4.78 is 0. The zero-order chi connectivity index (χ0) is 11.8. The van der Waals surface area contributed by atoms with Crippen molar-refractivity contribution in [2.75, 3.05) is 43.9 Å². The maximum atomic E-state index is 6.13. The number of aromatic nitrogens is 1. The number of aryl methyl sites for hydroxylation is 1. The van der Waals surface area contributed by atoms with Crippen molar-refractivity contribution in [3.63, 3.8) is 0 Å². The van der Waals surface area contributed by atoms with Crippen LogP contribution in [0.4, 0.5) is 11.5 Å². The van der Waals surface area contributed by atoms with E-state index in [9.17, 15) is 0 Å². The third-order valence-electron chi connectivity index (χ3n) is 3.90. The van der Waals surface area contributed by atoms with E-state index in [1.54, 1.807) is 0 Å². The lowest BCUT2D eigenvalue weighted by molar-refractivity contribution is 0.312. The molecule has 17 heavy (non-hydrogen) atoms. The number of fused-ring (bicyclic) bond motifs is 1. The van der Waals surface area contributed by atoms with Crippen LogP contribution in [0.25, 0.3) is 0 Å². The molecule has 1 aliphatic carbocycles. The topological polar surface area (TPSA) is 45.4 Å². The summed E-state index contributed by atoms with van der Waals surface area (Å²) in [4.78, 5) is 9.50. The Hall–Kier alpha value is -1.29. The summed E-state index contributed by atoms with van der Waals surface area (Å²) in [5, 5.41) is 0. The first-order valence-electron chi connectivity index (χ1n) is 6.46. The smallest absolute Gasteiger partial charge is 0.130 e. The Morgan fingerprint density at radius 1 is 1.18 bits per heavy atom. The molecule has 0 spiro atoms. The van der Waals surface area contributed by atoms with Crippen LogP contribution in [0.15, 0.2) is 6.07 Å². The third kappa shape index (κ3) is 1.97. The predicted molar refractivity (Wildman–Crippen MR) is 70.4 cm³/mol. The fourth-order valence-electron chi connectivity index (χ4n) is 2.76. The Morgan fingerprint density at radius 2 is 1.94 bits per heavy atom. The van der Waals surface area contributed by atoms with Crippen LogP contribution in [0.3, 0.4) is 0 Å². The molecule has 1 aromatic heterocycles. The first kappa shape index (κ1) is 10.8. The number of pyridine rings is 1. The molecule has 2 aliphatic rings. The maximum absolute atomic E-state index is 6.13. The average Bonchev–Trinajstić information content (AvgIpc) is 2.78. The molecule has 4 heteroatoms. The highest BCUT2D eigenvalue weighted by molar-refractivity contribution is 5.59. The summed E-state index contributed by atoms with van der Waals surface area (Å²) in [6.07, 6.45) is 3.41. The molecule has 0 atom stereocenters. The van der Waals surface area contributed by atoms with Gasteiger partial charge in [-0.25, -0.2) is 4.98 Å². The summed E-state index contributed by atoms with van der Waals surface area (Å²) in [6.45, 7) is 4.33. The Bertz CT molecular complexity index is 422. The lowest BCUT2D eigenvalue weighted by Gasteiger charge is -2.33. The Balaban J connectivity index is 1.86. The minimum absolute atomic E-state index is 0.946. The molecular weight excluding hydrogens is 212 g/mol. The third-order valence-corrected chi connectivity index (χ3v) is 3.90. The molecule has 0 aromatic carbocycles. The van der Waals surface area contributed by atoms with Gasteiger partial charge in [-0.05, 0) is 31.9 Å². The number of nitrogen functional groups attached to an aromatic ring is 1. The predicted octanol–water partition coefficient (Wildman–Crippen LogP) is 0.904. The second-order valence-corrected chi connectivity index (χ2v) is 5.14. The van der Waals surface area contributed by atoms with Crippen molar-refractivity contribution in [1.82, 2.24) is 9.88 Å². The molecule has 0 saturated carbocycles. The Labute approximate surface area is 102 Å². The highest BCUT2D eigenvalue weighted by Crippen LogP contribution is 2.29. The number of hydrogen-bond acceptors (Lipinski definition) is 4. The van der Waals surface area contributed by atoms with Crippen LogP contribution < -0.4 is 10.6 Å². The van der Waals surface area contributed by atoms with Gasteiger partial charge in [-0.3, -0.25) is 0 Å². The van der Waals surface area contributed by atoms with E-state index < -0.39 is 0 Å². The molecule has 1 aliphatic heterocycles. The quantitative estimate of drug-likeness (QED) is 0.781. The van der Waals surface area contributed by atoms with Crippen molar-refractivity contribution in [1.29, 1.82) is 0 Å². The van der Waals surface area contributed by atoms with Gasteiger partial charge >= 0.3 is 0 Å². The van der Waals surface area contributed by atoms with E-state index in [-0.39, 0.29) is 0 Å². The summed E-state index contributed by atoms with van der Waals surface area (Å²) in [6, 6.07) is 2.06. The molecule has 1 aromatic rings. The zero-order valence-electron chi connectivity index (χ0n) is 10.4. The van der Waals surface area contributed by atoms with Crippen LogP contribution in [0.2, 0.25) is 0 Å². The minimum Gasteiger partial charge on any atom is -0.398 e. The van der Waals surface area contributed by atoms with Gasteiger partial charge in [-0.2, -0.15) is 0 Å². The number of likely N-dealkylation sites (N-methyl/N-ethyl adjacent to an activating group) is 1. The molecule has 1 fully saturated rings. The Kier molecular flexibility index (Phi) is 2.67. The number of nitrogens with zero attached hydrogens (tertiary/aromatic N) is 3. The van der Waals surface area contributed by atoms with Gasteiger partial charge in [0.25, 0.3) is 0 Å². The van der Waals surface area contributed by atoms with E-state index in [4.69, 9.17) is 10.7 Å². The molecule has 2 heterocycles. The van der Waals surface area contributed by atoms with Crippen molar-refractivity contribution < 1.29 is 0 Å². The first-order chi connectivity index (χ1) is 8.24. The van der Waals surface area contributed by atoms with Gasteiger partial charge in [-0.1, -0.05) is 0 Å². The van der Waals surface area contributed by atoms with Crippen molar-refractivity contribution in [3.8, 4) is 0 Å². The zero-order valence-corrected chi connectivity index (χ0v) is 10.4. The van der Waals surface area contributed by atoms with E-state index in [1.165, 1.54) is 17.7 Å². The van der Waals surface area contributed by atoms with Crippen LogP contribution in [0.1, 0.15) is 17.7 Å². The monoisotopic (exact) mass is 232 g/mol. The molecule has 3 rings (SSSR count). The second-order valence-electron chi connectivity index (χ2n) is 5.14. The van der Waals surface area contributed by atoms with E-state index in [1.807, 2.05) is 0 Å². The van der Waals surface area contributed by atoms with Crippen molar-refractivity contribution in [3.05, 3.63) is 17.3 Å². The van der Waals surface area contributed by atoms with Gasteiger partial charge in [0.05, 0.1) is 0 Å². The van der Waals surface area contributed by atoms with E-state index in [0.717, 1.165) is 50.5 Å². The number of anilines is 2. The number of nitrogens with two attached hydrogens (primary N) is 1. The van der Waals surface area contributed by atoms with Gasteiger partial charge in [-0.15, -0.1) is 0 Å². The van der Waals surface area contributed by atoms with Gasteiger partial charge in [0.1, 0.15) is 5.82 Å². The van der Waals surface area contributed by atoms with Gasteiger partial charge in [0.15, 0.2) is 0 Å². The first-order valence-corrected chi connectivity index (χ1v) is 6.46. The van der Waals surface area contributed by atoms with Gasteiger partial charge < -0.3 is 15.5 Å². The standard InChI is InChI=1S/C13H20N4/c1-16-5-7-17(8-6-16)13-9-11(14)10-3-2-4-12(10)15-13/h9H,2-8H2,1H3,(H2,14,15). The SMILES string of the molecule is CN1CCN(c2cc(N)c3c(n2)CCC3)CC1. The largest absolute Gasteiger partial charge is 0.398 e. The van der Waals surface area contributed by atoms with Crippen LogP contribution in [-0.4, -0.2) is 43.1 Å². The highest BCUT2D eigenvalue weighted by Gasteiger charge is 2.20. The maximum Gasteiger partial charge on any atom is 0.130 e. The lowest BCUT2D eigenvalue weighted by Crippen LogP contribution is -2.44. The molecule has 92 valence electrons. The normalized spacial score (nSPS) is 20.6. The van der Waals surface area contributed by atoms with Crippen molar-refractivity contribution in [2.45, 2.75) is 19.3 Å². The number of piperazine rings is 1. The van der Waals surface area contributed by atoms with Crippen molar-refractivity contribution >= 4 is 11.5 Å². The molecule has 0 amide bonds. The summed E-state index contributed by atoms with van der Waals surface area (Å²) in [7, 11) is 2.17. The molecular formula is C13H20N4. The van der Waals surface area contributed by atoms with Crippen molar-refractivity contribution in [2.24, 2.45) is 0 Å². The van der Waals surface area contributed by atoms with Gasteiger partial charge in [0, 0.05) is 43.6 Å².